The van der Waals surface area contributed by atoms with E-state index in [2.05, 4.69) is 10.1 Å². The van der Waals surface area contributed by atoms with Gasteiger partial charge in [-0.05, 0) is 44.4 Å². The molecule has 1 fully saturated rings. The SMILES string of the molecule is Cc1cc(CN2CCC[C@H](O)[C@@H]2Cc2ccccc2F)no1. The van der Waals surface area contributed by atoms with Crippen molar-refractivity contribution in [3.05, 3.63) is 53.2 Å². The molecule has 1 aromatic heterocycles. The number of aliphatic hydroxyl groups is 1. The number of aromatic nitrogens is 1. The first-order chi connectivity index (χ1) is 10.6. The third kappa shape index (κ3) is 3.36. The van der Waals surface area contributed by atoms with E-state index in [1.165, 1.54) is 6.07 Å². The van der Waals surface area contributed by atoms with E-state index in [4.69, 9.17) is 4.52 Å². The van der Waals surface area contributed by atoms with Gasteiger partial charge in [0.15, 0.2) is 0 Å². The predicted octanol–water partition coefficient (Wildman–Crippen LogP) is 2.69. The Balaban J connectivity index is 1.76. The number of likely N-dealkylation sites (tertiary alicyclic amines) is 1. The van der Waals surface area contributed by atoms with Gasteiger partial charge in [0.05, 0.1) is 11.8 Å². The van der Waals surface area contributed by atoms with Crippen LogP contribution < -0.4 is 0 Å². The number of piperidine rings is 1. The molecule has 4 nitrogen and oxygen atoms in total. The molecule has 1 saturated heterocycles. The average molecular weight is 304 g/mol. The number of benzene rings is 1. The smallest absolute Gasteiger partial charge is 0.133 e. The fourth-order valence-electron chi connectivity index (χ4n) is 3.16. The Morgan fingerprint density at radius 3 is 2.95 bits per heavy atom. The van der Waals surface area contributed by atoms with Crippen molar-refractivity contribution in [2.45, 2.75) is 44.9 Å². The number of aryl methyl sites for hydroxylation is 1. The van der Waals surface area contributed by atoms with Crippen LogP contribution >= 0.6 is 0 Å². The van der Waals surface area contributed by atoms with Crippen LogP contribution in [0.2, 0.25) is 0 Å². The Labute approximate surface area is 129 Å². The lowest BCUT2D eigenvalue weighted by Crippen LogP contribution is -2.49. The summed E-state index contributed by atoms with van der Waals surface area (Å²) in [5.74, 6) is 0.565. The second-order valence-corrected chi connectivity index (χ2v) is 5.97. The molecule has 118 valence electrons. The minimum atomic E-state index is -0.443. The summed E-state index contributed by atoms with van der Waals surface area (Å²) in [6, 6.07) is 8.58. The lowest BCUT2D eigenvalue weighted by atomic mass is 9.92. The first-order valence-electron chi connectivity index (χ1n) is 7.71. The predicted molar refractivity (Wildman–Crippen MR) is 80.8 cm³/mol. The Hall–Kier alpha value is -1.72. The highest BCUT2D eigenvalue weighted by Crippen LogP contribution is 2.24. The highest BCUT2D eigenvalue weighted by molar-refractivity contribution is 5.19. The maximum Gasteiger partial charge on any atom is 0.133 e. The van der Waals surface area contributed by atoms with Gasteiger partial charge >= 0.3 is 0 Å². The molecule has 0 spiro atoms. The third-order valence-corrected chi connectivity index (χ3v) is 4.29. The number of nitrogens with zero attached hydrogens (tertiary/aromatic N) is 2. The Bertz CT molecular complexity index is 629. The summed E-state index contributed by atoms with van der Waals surface area (Å²) in [6.07, 6.45) is 1.76. The fraction of sp³-hybridized carbons (Fsp3) is 0.471. The maximum absolute atomic E-state index is 13.9. The zero-order valence-corrected chi connectivity index (χ0v) is 12.7. The Kier molecular flexibility index (Phi) is 4.55. The average Bonchev–Trinajstić information content (AvgIpc) is 2.90. The zero-order valence-electron chi connectivity index (χ0n) is 12.7. The number of rotatable bonds is 4. The van der Waals surface area contributed by atoms with Crippen molar-refractivity contribution in [2.75, 3.05) is 6.54 Å². The summed E-state index contributed by atoms with van der Waals surface area (Å²) in [6.45, 7) is 3.36. The standard InChI is InChI=1S/C17H21FN2O2/c1-12-9-14(19-22-12)11-20-8-4-7-17(21)16(20)10-13-5-2-3-6-15(13)18/h2-3,5-6,9,16-17,21H,4,7-8,10-11H2,1H3/t16-,17-/m0/s1. The van der Waals surface area contributed by atoms with Crippen molar-refractivity contribution in [3.8, 4) is 0 Å². The fourth-order valence-corrected chi connectivity index (χ4v) is 3.16. The topological polar surface area (TPSA) is 49.5 Å². The molecule has 5 heteroatoms. The largest absolute Gasteiger partial charge is 0.391 e. The van der Waals surface area contributed by atoms with Gasteiger partial charge in [0.1, 0.15) is 11.6 Å². The van der Waals surface area contributed by atoms with Gasteiger partial charge in [0.25, 0.3) is 0 Å². The first-order valence-corrected chi connectivity index (χ1v) is 7.71. The quantitative estimate of drug-likeness (QED) is 0.943. The van der Waals surface area contributed by atoms with Crippen molar-refractivity contribution >= 4 is 0 Å². The normalized spacial score (nSPS) is 22.9. The summed E-state index contributed by atoms with van der Waals surface area (Å²) < 4.78 is 19.0. The summed E-state index contributed by atoms with van der Waals surface area (Å²) in [5.41, 5.74) is 1.50. The van der Waals surface area contributed by atoms with Gasteiger partial charge in [0.2, 0.25) is 0 Å². The summed E-state index contributed by atoms with van der Waals surface area (Å²) >= 11 is 0. The summed E-state index contributed by atoms with van der Waals surface area (Å²) in [4.78, 5) is 2.18. The molecular formula is C17H21FN2O2. The maximum atomic E-state index is 13.9. The van der Waals surface area contributed by atoms with Crippen molar-refractivity contribution in [2.24, 2.45) is 0 Å². The van der Waals surface area contributed by atoms with Crippen LogP contribution in [0.1, 0.15) is 29.9 Å². The number of halogens is 1. The molecular weight excluding hydrogens is 283 g/mol. The van der Waals surface area contributed by atoms with E-state index in [0.717, 1.165) is 30.8 Å². The van der Waals surface area contributed by atoms with Gasteiger partial charge in [-0.2, -0.15) is 0 Å². The number of hydrogen-bond donors (Lipinski definition) is 1. The second kappa shape index (κ2) is 6.58. The van der Waals surface area contributed by atoms with Crippen LogP contribution in [0.25, 0.3) is 0 Å². The van der Waals surface area contributed by atoms with E-state index < -0.39 is 6.10 Å². The molecule has 2 heterocycles. The minimum Gasteiger partial charge on any atom is -0.391 e. The molecule has 0 bridgehead atoms. The van der Waals surface area contributed by atoms with Gasteiger partial charge < -0.3 is 9.63 Å². The van der Waals surface area contributed by atoms with Crippen molar-refractivity contribution in [1.82, 2.24) is 10.1 Å². The van der Waals surface area contributed by atoms with Crippen LogP contribution in [0.15, 0.2) is 34.9 Å². The van der Waals surface area contributed by atoms with Crippen molar-refractivity contribution < 1.29 is 14.0 Å². The zero-order chi connectivity index (χ0) is 15.5. The van der Waals surface area contributed by atoms with Crippen LogP contribution in [-0.4, -0.2) is 33.9 Å². The highest BCUT2D eigenvalue weighted by Gasteiger charge is 2.31. The van der Waals surface area contributed by atoms with Crippen LogP contribution in [-0.2, 0) is 13.0 Å². The van der Waals surface area contributed by atoms with Gasteiger partial charge in [0, 0.05) is 18.7 Å². The third-order valence-electron chi connectivity index (χ3n) is 4.29. The Morgan fingerprint density at radius 2 is 2.23 bits per heavy atom. The molecule has 0 radical (unpaired) electrons. The number of hydrogen-bond acceptors (Lipinski definition) is 4. The van der Waals surface area contributed by atoms with Crippen LogP contribution in [0.5, 0.6) is 0 Å². The molecule has 1 aliphatic rings. The first kappa shape index (κ1) is 15.2. The van der Waals surface area contributed by atoms with Gasteiger partial charge in [-0.3, -0.25) is 4.90 Å². The van der Waals surface area contributed by atoms with Crippen molar-refractivity contribution in [3.63, 3.8) is 0 Å². The van der Waals surface area contributed by atoms with Gasteiger partial charge in [-0.15, -0.1) is 0 Å². The van der Waals surface area contributed by atoms with E-state index in [-0.39, 0.29) is 11.9 Å². The molecule has 0 unspecified atom stereocenters. The second-order valence-electron chi connectivity index (χ2n) is 5.97. The van der Waals surface area contributed by atoms with Crippen LogP contribution in [0, 0.1) is 12.7 Å². The molecule has 2 atom stereocenters. The highest BCUT2D eigenvalue weighted by atomic mass is 19.1. The summed E-state index contributed by atoms with van der Waals surface area (Å²) in [7, 11) is 0. The monoisotopic (exact) mass is 304 g/mol. The van der Waals surface area contributed by atoms with Gasteiger partial charge in [-0.1, -0.05) is 23.4 Å². The molecule has 0 saturated carbocycles. The molecule has 1 aliphatic heterocycles. The van der Waals surface area contributed by atoms with Crippen molar-refractivity contribution in [1.29, 1.82) is 0 Å². The molecule has 22 heavy (non-hydrogen) atoms. The molecule has 1 N–H and O–H groups in total. The van der Waals surface area contributed by atoms with E-state index in [1.807, 2.05) is 19.1 Å². The van der Waals surface area contributed by atoms with E-state index in [0.29, 0.717) is 18.5 Å². The van der Waals surface area contributed by atoms with E-state index in [9.17, 15) is 9.50 Å². The number of aliphatic hydroxyl groups excluding tert-OH is 1. The minimum absolute atomic E-state index is 0.0948. The van der Waals surface area contributed by atoms with Crippen LogP contribution in [0.3, 0.4) is 0 Å². The van der Waals surface area contributed by atoms with Crippen LogP contribution in [0.4, 0.5) is 4.39 Å². The molecule has 0 amide bonds. The molecule has 0 aliphatic carbocycles. The summed E-state index contributed by atoms with van der Waals surface area (Å²) in [5, 5.41) is 14.4. The van der Waals surface area contributed by atoms with E-state index >= 15 is 0 Å². The lowest BCUT2D eigenvalue weighted by molar-refractivity contribution is 0.00541. The lowest BCUT2D eigenvalue weighted by Gasteiger charge is -2.38. The van der Waals surface area contributed by atoms with E-state index in [1.54, 1.807) is 12.1 Å². The van der Waals surface area contributed by atoms with Gasteiger partial charge in [-0.25, -0.2) is 4.39 Å². The Morgan fingerprint density at radius 1 is 1.41 bits per heavy atom. The molecule has 1 aromatic carbocycles. The molecule has 2 aromatic rings. The molecule has 3 rings (SSSR count).